The number of benzene rings is 1. The van der Waals surface area contributed by atoms with Crippen LogP contribution in [-0.4, -0.2) is 54.8 Å². The molecule has 3 heterocycles. The Labute approximate surface area is 171 Å². The second-order valence-corrected chi connectivity index (χ2v) is 8.50. The Morgan fingerprint density at radius 3 is 2.63 bits per heavy atom. The zero-order valence-corrected chi connectivity index (χ0v) is 17.2. The first-order chi connectivity index (χ1) is 12.5. The average molecular weight is 412 g/mol. The molecule has 148 valence electrons. The molecule has 27 heavy (non-hydrogen) atoms. The van der Waals surface area contributed by atoms with E-state index in [4.69, 9.17) is 11.6 Å². The van der Waals surface area contributed by atoms with E-state index in [0.717, 1.165) is 44.6 Å². The number of hydrogen-bond donors (Lipinski definition) is 1. The molecule has 3 fully saturated rings. The van der Waals surface area contributed by atoms with Gasteiger partial charge in [-0.15, -0.1) is 12.4 Å². The second-order valence-electron chi connectivity index (χ2n) is 8.07. The molecule has 3 saturated heterocycles. The molecule has 1 aromatic carbocycles. The molecule has 7 heteroatoms. The number of halogens is 2. The number of nitrogens with zero attached hydrogens (tertiary/aromatic N) is 2. The van der Waals surface area contributed by atoms with Gasteiger partial charge in [0.05, 0.1) is 12.0 Å². The first kappa shape index (κ1) is 20.4. The molecule has 2 amide bonds. The number of nitrogens with one attached hydrogen (secondary N) is 1. The lowest BCUT2D eigenvalue weighted by molar-refractivity contribution is -0.138. The molecule has 3 aliphatic heterocycles. The lowest BCUT2D eigenvalue weighted by Crippen LogP contribution is -2.46. The molecule has 0 aliphatic carbocycles. The lowest BCUT2D eigenvalue weighted by Gasteiger charge is -2.40. The number of hydrogen-bond acceptors (Lipinski definition) is 3. The molecule has 3 aliphatic rings. The summed E-state index contributed by atoms with van der Waals surface area (Å²) in [7, 11) is 1.79. The topological polar surface area (TPSA) is 52.7 Å². The fourth-order valence-electron chi connectivity index (χ4n) is 4.90. The van der Waals surface area contributed by atoms with Crippen molar-refractivity contribution in [3.63, 3.8) is 0 Å². The van der Waals surface area contributed by atoms with Gasteiger partial charge in [0.2, 0.25) is 11.8 Å². The van der Waals surface area contributed by atoms with Crippen LogP contribution in [0.5, 0.6) is 0 Å². The summed E-state index contributed by atoms with van der Waals surface area (Å²) in [4.78, 5) is 29.3. The summed E-state index contributed by atoms with van der Waals surface area (Å²) in [6.07, 6.45) is 3.62. The van der Waals surface area contributed by atoms with E-state index in [1.165, 1.54) is 6.42 Å². The molecule has 1 aromatic rings. The third-order valence-electron chi connectivity index (χ3n) is 6.56. The summed E-state index contributed by atoms with van der Waals surface area (Å²) in [6, 6.07) is 7.31. The fraction of sp³-hybridized carbons (Fsp3) is 0.600. The van der Waals surface area contributed by atoms with Crippen LogP contribution in [0.2, 0.25) is 5.02 Å². The smallest absolute Gasteiger partial charge is 0.228 e. The summed E-state index contributed by atoms with van der Waals surface area (Å²) in [6.45, 7) is 3.77. The van der Waals surface area contributed by atoms with Crippen molar-refractivity contribution in [2.45, 2.75) is 31.7 Å². The maximum absolute atomic E-state index is 13.3. The van der Waals surface area contributed by atoms with Crippen LogP contribution >= 0.6 is 24.0 Å². The number of likely N-dealkylation sites (tertiary alicyclic amines) is 2. The normalized spacial score (nSPS) is 27.1. The molecule has 2 atom stereocenters. The number of piperidine rings is 1. The Morgan fingerprint density at radius 1 is 1.26 bits per heavy atom. The second kappa shape index (κ2) is 7.98. The van der Waals surface area contributed by atoms with Gasteiger partial charge in [-0.25, -0.2) is 0 Å². The zero-order valence-electron chi connectivity index (χ0n) is 15.6. The van der Waals surface area contributed by atoms with E-state index >= 15 is 0 Å². The van der Waals surface area contributed by atoms with Gasteiger partial charge >= 0.3 is 0 Å². The van der Waals surface area contributed by atoms with Crippen molar-refractivity contribution in [3.05, 3.63) is 34.9 Å². The highest BCUT2D eigenvalue weighted by atomic mass is 35.5. The van der Waals surface area contributed by atoms with Gasteiger partial charge in [-0.1, -0.05) is 23.7 Å². The Kier molecular flexibility index (Phi) is 6.04. The predicted molar refractivity (Wildman–Crippen MR) is 108 cm³/mol. The molecule has 1 spiro atoms. The van der Waals surface area contributed by atoms with Crippen LogP contribution in [-0.2, 0) is 9.59 Å². The number of rotatable bonds is 2. The quantitative estimate of drug-likeness (QED) is 0.813. The molecule has 0 bridgehead atoms. The van der Waals surface area contributed by atoms with Crippen LogP contribution in [0.3, 0.4) is 0 Å². The third-order valence-corrected chi connectivity index (χ3v) is 6.80. The largest absolute Gasteiger partial charge is 0.342 e. The van der Waals surface area contributed by atoms with E-state index in [-0.39, 0.29) is 42.6 Å². The molecular formula is C20H27Cl2N3O2. The highest BCUT2D eigenvalue weighted by Crippen LogP contribution is 2.41. The van der Waals surface area contributed by atoms with Crippen LogP contribution in [0, 0.1) is 11.3 Å². The molecule has 0 radical (unpaired) electrons. The van der Waals surface area contributed by atoms with E-state index in [1.807, 2.05) is 29.2 Å². The van der Waals surface area contributed by atoms with E-state index in [9.17, 15) is 9.59 Å². The van der Waals surface area contributed by atoms with Gasteiger partial charge in [-0.3, -0.25) is 9.59 Å². The van der Waals surface area contributed by atoms with Gasteiger partial charge in [0, 0.05) is 38.1 Å². The van der Waals surface area contributed by atoms with E-state index in [2.05, 4.69) is 5.32 Å². The maximum Gasteiger partial charge on any atom is 0.228 e. The van der Waals surface area contributed by atoms with Crippen molar-refractivity contribution in [1.29, 1.82) is 0 Å². The van der Waals surface area contributed by atoms with Crippen LogP contribution in [0.1, 0.15) is 37.3 Å². The highest BCUT2D eigenvalue weighted by Gasteiger charge is 2.46. The van der Waals surface area contributed by atoms with Crippen molar-refractivity contribution in [2.24, 2.45) is 11.3 Å². The van der Waals surface area contributed by atoms with Crippen molar-refractivity contribution in [2.75, 3.05) is 33.2 Å². The first-order valence-electron chi connectivity index (χ1n) is 9.50. The van der Waals surface area contributed by atoms with Crippen LogP contribution in [0.25, 0.3) is 0 Å². The van der Waals surface area contributed by atoms with E-state index in [0.29, 0.717) is 10.4 Å². The summed E-state index contributed by atoms with van der Waals surface area (Å²) >= 11 is 6.15. The van der Waals surface area contributed by atoms with Gasteiger partial charge in [0.15, 0.2) is 0 Å². The Hall–Kier alpha value is -1.30. The van der Waals surface area contributed by atoms with Crippen molar-refractivity contribution in [3.8, 4) is 0 Å². The van der Waals surface area contributed by atoms with Gasteiger partial charge in [0.25, 0.3) is 0 Å². The predicted octanol–water partition coefficient (Wildman–Crippen LogP) is 2.88. The monoisotopic (exact) mass is 411 g/mol. The Bertz CT molecular complexity index is 711. The summed E-state index contributed by atoms with van der Waals surface area (Å²) in [5, 5.41) is 4.09. The SMILES string of the molecule is CN1C(=O)CC(C(=O)N2CCC3(CCNC3)CC2)C1c1cccc(Cl)c1.Cl. The Morgan fingerprint density at radius 2 is 2.00 bits per heavy atom. The number of amides is 2. The molecule has 2 unspecified atom stereocenters. The number of carbonyl (C=O) groups is 2. The van der Waals surface area contributed by atoms with E-state index < -0.39 is 0 Å². The highest BCUT2D eigenvalue weighted by molar-refractivity contribution is 6.30. The van der Waals surface area contributed by atoms with Crippen LogP contribution in [0.15, 0.2) is 24.3 Å². The van der Waals surface area contributed by atoms with Gasteiger partial charge < -0.3 is 15.1 Å². The van der Waals surface area contributed by atoms with Crippen LogP contribution in [0.4, 0.5) is 0 Å². The standard InChI is InChI=1S/C20H26ClN3O2.ClH/c1-23-17(25)12-16(18(23)14-3-2-4-15(21)11-14)19(26)24-9-6-20(7-10-24)5-8-22-13-20;/h2-4,11,16,18,22H,5-10,12-13H2,1H3;1H. The maximum atomic E-state index is 13.3. The third kappa shape index (κ3) is 3.82. The van der Waals surface area contributed by atoms with E-state index in [1.54, 1.807) is 11.9 Å². The summed E-state index contributed by atoms with van der Waals surface area (Å²) in [5.74, 6) is -0.169. The molecular weight excluding hydrogens is 385 g/mol. The minimum Gasteiger partial charge on any atom is -0.342 e. The molecule has 1 N–H and O–H groups in total. The minimum absolute atomic E-state index is 0. The molecule has 5 nitrogen and oxygen atoms in total. The first-order valence-corrected chi connectivity index (χ1v) is 9.88. The van der Waals surface area contributed by atoms with Gasteiger partial charge in [-0.05, 0) is 48.9 Å². The Balaban J connectivity index is 0.00000210. The lowest BCUT2D eigenvalue weighted by atomic mass is 9.77. The summed E-state index contributed by atoms with van der Waals surface area (Å²) < 4.78 is 0. The van der Waals surface area contributed by atoms with Crippen molar-refractivity contribution in [1.82, 2.24) is 15.1 Å². The van der Waals surface area contributed by atoms with Gasteiger partial charge in [0.1, 0.15) is 0 Å². The minimum atomic E-state index is -0.318. The molecule has 0 aromatic heterocycles. The van der Waals surface area contributed by atoms with Crippen molar-refractivity contribution < 1.29 is 9.59 Å². The zero-order chi connectivity index (χ0) is 18.3. The molecule has 4 rings (SSSR count). The van der Waals surface area contributed by atoms with Gasteiger partial charge in [-0.2, -0.15) is 0 Å². The van der Waals surface area contributed by atoms with Crippen LogP contribution < -0.4 is 5.32 Å². The number of carbonyl (C=O) groups excluding carboxylic acids is 2. The summed E-state index contributed by atoms with van der Waals surface area (Å²) in [5.41, 5.74) is 1.32. The fourth-order valence-corrected chi connectivity index (χ4v) is 5.09. The molecule has 0 saturated carbocycles. The average Bonchev–Trinajstić information content (AvgIpc) is 3.20. The van der Waals surface area contributed by atoms with Crippen molar-refractivity contribution >= 4 is 35.8 Å².